The number of fused-ring (bicyclic) bond motifs is 12. The van der Waals surface area contributed by atoms with Crippen LogP contribution in [0.2, 0.25) is 0 Å². The molecule has 0 N–H and O–H groups in total. The van der Waals surface area contributed by atoms with Crippen LogP contribution in [0.5, 0.6) is 0 Å². The van der Waals surface area contributed by atoms with Gasteiger partial charge >= 0.3 is 0 Å². The first kappa shape index (κ1) is 33.4. The summed E-state index contributed by atoms with van der Waals surface area (Å²) in [6.45, 7) is 0.756. The van der Waals surface area contributed by atoms with Crippen molar-refractivity contribution in [3.8, 4) is 33.8 Å². The average Bonchev–Trinajstić information content (AvgIpc) is 3.98. The molecule has 13 aromatic rings. The Labute approximate surface area is 348 Å². The molecule has 280 valence electrons. The molecule has 4 aromatic heterocycles. The molecular formula is C55H33N3OS. The second kappa shape index (κ2) is 13.0. The first-order valence-corrected chi connectivity index (χ1v) is 21.2. The maximum absolute atomic E-state index is 6.64. The molecule has 0 amide bonds. The van der Waals surface area contributed by atoms with E-state index in [1.807, 2.05) is 12.1 Å². The number of nitrogens with zero attached hydrogens (tertiary/aromatic N) is 3. The zero-order chi connectivity index (χ0) is 39.3. The van der Waals surface area contributed by atoms with Crippen LogP contribution in [0.3, 0.4) is 0 Å². The first-order valence-electron chi connectivity index (χ1n) is 20.3. The summed E-state index contributed by atoms with van der Waals surface area (Å²) in [5.74, 6) is 0.683. The van der Waals surface area contributed by atoms with E-state index in [4.69, 9.17) is 14.4 Å². The molecular weight excluding hydrogens is 751 g/mol. The summed E-state index contributed by atoms with van der Waals surface area (Å²) in [5, 5.41) is 10.7. The van der Waals surface area contributed by atoms with Crippen molar-refractivity contribution in [2.45, 2.75) is 6.54 Å². The van der Waals surface area contributed by atoms with Crippen LogP contribution >= 0.6 is 11.3 Å². The molecule has 4 heterocycles. The summed E-state index contributed by atoms with van der Waals surface area (Å²) in [6, 6.07) is 67.4. The third-order valence-electron chi connectivity index (χ3n) is 12.2. The highest BCUT2D eigenvalue weighted by atomic mass is 32.1. The fraction of sp³-hybridized carbons (Fsp3) is 0.0182. The Balaban J connectivity index is 0.987. The number of rotatable bonds is 5. The van der Waals surface area contributed by atoms with E-state index in [-0.39, 0.29) is 0 Å². The molecule has 0 aliphatic carbocycles. The third kappa shape index (κ3) is 5.09. The number of furan rings is 1. The molecule has 0 spiro atoms. The van der Waals surface area contributed by atoms with Gasteiger partial charge in [0.15, 0.2) is 5.82 Å². The van der Waals surface area contributed by atoms with Gasteiger partial charge in [0.25, 0.3) is 0 Å². The standard InChI is InChI=1S/C55H33N3OS/c1-2-13-37-29-38(26-25-34(37)11-1)51-54-52(44-17-7-10-20-49(44)60-54)57-55(56-51)45-30-39(31-48-50(45)43-16-6-9-19-47(43)59-48)35-23-21-33(22-24-35)32-58-46-18-8-5-15-41(46)42-28-27-36-12-3-4-14-40(36)53(42)58/h1-31H,32H2. The Hall–Kier alpha value is -7.60. The molecule has 9 aromatic carbocycles. The number of hydrogen-bond acceptors (Lipinski definition) is 4. The van der Waals surface area contributed by atoms with E-state index in [9.17, 15) is 0 Å². The van der Waals surface area contributed by atoms with Crippen molar-refractivity contribution >= 4 is 96.9 Å². The van der Waals surface area contributed by atoms with Gasteiger partial charge in [-0.15, -0.1) is 11.3 Å². The minimum Gasteiger partial charge on any atom is -0.456 e. The van der Waals surface area contributed by atoms with Crippen molar-refractivity contribution in [1.82, 2.24) is 14.5 Å². The molecule has 0 saturated carbocycles. The normalized spacial score (nSPS) is 12.1. The van der Waals surface area contributed by atoms with E-state index < -0.39 is 0 Å². The Morgan fingerprint density at radius 1 is 0.483 bits per heavy atom. The molecule has 0 unspecified atom stereocenters. The quantitative estimate of drug-likeness (QED) is 0.175. The van der Waals surface area contributed by atoms with Crippen LogP contribution in [0, 0.1) is 0 Å². The molecule has 0 atom stereocenters. The fourth-order valence-corrected chi connectivity index (χ4v) is 10.6. The van der Waals surface area contributed by atoms with E-state index in [1.54, 1.807) is 11.3 Å². The van der Waals surface area contributed by atoms with Crippen molar-refractivity contribution in [2.75, 3.05) is 0 Å². The van der Waals surface area contributed by atoms with Crippen LogP contribution in [0.15, 0.2) is 192 Å². The zero-order valence-corrected chi connectivity index (χ0v) is 33.1. The lowest BCUT2D eigenvalue weighted by Gasteiger charge is -2.12. The molecule has 0 bridgehead atoms. The summed E-state index contributed by atoms with van der Waals surface area (Å²) in [7, 11) is 0. The summed E-state index contributed by atoms with van der Waals surface area (Å²) in [6.07, 6.45) is 0. The van der Waals surface area contributed by atoms with Crippen molar-refractivity contribution in [1.29, 1.82) is 0 Å². The van der Waals surface area contributed by atoms with Crippen molar-refractivity contribution in [2.24, 2.45) is 0 Å². The highest BCUT2D eigenvalue weighted by Crippen LogP contribution is 2.44. The average molecular weight is 784 g/mol. The van der Waals surface area contributed by atoms with Gasteiger partial charge in [0, 0.05) is 60.2 Å². The SMILES string of the molecule is c1ccc2cc(-c3nc(-c4cc(-c5ccc(Cn6c7ccccc7c7ccc8ccccc8c76)cc5)cc5oc6ccccc6c45)nc4c3sc3ccccc34)ccc2c1. The van der Waals surface area contributed by atoms with E-state index >= 15 is 0 Å². The predicted molar refractivity (Wildman–Crippen MR) is 252 cm³/mol. The fourth-order valence-electron chi connectivity index (χ4n) is 9.41. The molecule has 4 nitrogen and oxygen atoms in total. The minimum absolute atomic E-state index is 0.683. The van der Waals surface area contributed by atoms with Crippen LogP contribution in [-0.4, -0.2) is 14.5 Å². The highest BCUT2D eigenvalue weighted by Gasteiger charge is 2.22. The molecule has 60 heavy (non-hydrogen) atoms. The van der Waals surface area contributed by atoms with E-state index in [0.29, 0.717) is 5.82 Å². The van der Waals surface area contributed by atoms with Crippen LogP contribution in [0.4, 0.5) is 0 Å². The predicted octanol–water partition coefficient (Wildman–Crippen LogP) is 15.2. The Bertz CT molecular complexity index is 3870. The van der Waals surface area contributed by atoms with Crippen LogP contribution < -0.4 is 0 Å². The second-order valence-corrected chi connectivity index (χ2v) is 16.8. The molecule has 13 rings (SSSR count). The van der Waals surface area contributed by atoms with Gasteiger partial charge < -0.3 is 8.98 Å². The largest absolute Gasteiger partial charge is 0.456 e. The van der Waals surface area contributed by atoms with E-state index in [2.05, 4.69) is 180 Å². The topological polar surface area (TPSA) is 43.9 Å². The van der Waals surface area contributed by atoms with Crippen LogP contribution in [-0.2, 0) is 6.54 Å². The summed E-state index contributed by atoms with van der Waals surface area (Å²) in [5.41, 5.74) is 11.5. The van der Waals surface area contributed by atoms with Gasteiger partial charge in [0.2, 0.25) is 0 Å². The molecule has 0 fully saturated rings. The molecule has 0 aliphatic heterocycles. The smallest absolute Gasteiger partial charge is 0.161 e. The third-order valence-corrected chi connectivity index (χ3v) is 13.4. The Morgan fingerprint density at radius 2 is 1.18 bits per heavy atom. The summed E-state index contributed by atoms with van der Waals surface area (Å²) < 4.78 is 11.4. The van der Waals surface area contributed by atoms with Crippen molar-refractivity contribution in [3.05, 3.63) is 194 Å². The minimum atomic E-state index is 0.683. The van der Waals surface area contributed by atoms with E-state index in [0.717, 1.165) is 72.0 Å². The van der Waals surface area contributed by atoms with Crippen molar-refractivity contribution in [3.63, 3.8) is 0 Å². The Kier molecular flexibility index (Phi) is 7.21. The lowest BCUT2D eigenvalue weighted by Crippen LogP contribution is -2.00. The number of aromatic nitrogens is 3. The lowest BCUT2D eigenvalue weighted by molar-refractivity contribution is 0.669. The summed E-state index contributed by atoms with van der Waals surface area (Å²) in [4.78, 5) is 10.9. The van der Waals surface area contributed by atoms with Crippen molar-refractivity contribution < 1.29 is 4.42 Å². The van der Waals surface area contributed by atoms with Gasteiger partial charge in [-0.3, -0.25) is 0 Å². The van der Waals surface area contributed by atoms with Gasteiger partial charge in [-0.25, -0.2) is 9.97 Å². The highest BCUT2D eigenvalue weighted by molar-refractivity contribution is 7.26. The molecule has 5 heteroatoms. The second-order valence-electron chi connectivity index (χ2n) is 15.7. The van der Waals surface area contributed by atoms with Gasteiger partial charge in [0.05, 0.1) is 21.4 Å². The maximum atomic E-state index is 6.64. The monoisotopic (exact) mass is 783 g/mol. The molecule has 0 radical (unpaired) electrons. The first-order chi connectivity index (χ1) is 29.7. The Morgan fingerprint density at radius 3 is 2.07 bits per heavy atom. The molecule has 0 aliphatic rings. The van der Waals surface area contributed by atoms with Gasteiger partial charge in [0.1, 0.15) is 11.2 Å². The number of para-hydroxylation sites is 2. The van der Waals surface area contributed by atoms with Crippen LogP contribution in [0.1, 0.15) is 5.56 Å². The number of hydrogen-bond donors (Lipinski definition) is 0. The number of thiophene rings is 1. The number of benzene rings is 9. The molecule has 0 saturated heterocycles. The summed E-state index contributed by atoms with van der Waals surface area (Å²) >= 11 is 1.76. The van der Waals surface area contributed by atoms with E-state index in [1.165, 1.54) is 53.6 Å². The van der Waals surface area contributed by atoms with Crippen LogP contribution in [0.25, 0.3) is 119 Å². The lowest BCUT2D eigenvalue weighted by atomic mass is 9.97. The maximum Gasteiger partial charge on any atom is 0.161 e. The zero-order valence-electron chi connectivity index (χ0n) is 32.3. The van der Waals surface area contributed by atoms with Gasteiger partial charge in [-0.2, -0.15) is 0 Å². The van der Waals surface area contributed by atoms with Gasteiger partial charge in [-0.05, 0) is 69.2 Å². The van der Waals surface area contributed by atoms with Gasteiger partial charge in [-0.1, -0.05) is 152 Å².